The summed E-state index contributed by atoms with van der Waals surface area (Å²) in [5, 5.41) is 12.4. The number of hydrogen-bond donors (Lipinski definition) is 5. The Labute approximate surface area is 203 Å². The molecule has 1 aromatic heterocycles. The summed E-state index contributed by atoms with van der Waals surface area (Å²) in [6, 6.07) is 7.75. The highest BCUT2D eigenvalue weighted by atomic mass is 15.4. The monoisotopic (exact) mass is 462 g/mol. The van der Waals surface area contributed by atoms with E-state index in [-0.39, 0.29) is 0 Å². The van der Waals surface area contributed by atoms with Crippen molar-refractivity contribution in [3.05, 3.63) is 70.3 Å². The van der Waals surface area contributed by atoms with E-state index in [0.717, 1.165) is 46.1 Å². The molecule has 1 aliphatic carbocycles. The highest BCUT2D eigenvalue weighted by Crippen LogP contribution is 2.25. The molecule has 182 valence electrons. The smallest absolute Gasteiger partial charge is 0.0832 e. The summed E-state index contributed by atoms with van der Waals surface area (Å²) >= 11 is 0. The van der Waals surface area contributed by atoms with E-state index in [0.29, 0.717) is 31.0 Å². The van der Waals surface area contributed by atoms with Gasteiger partial charge in [0.05, 0.1) is 17.9 Å². The molecule has 1 fully saturated rings. The lowest BCUT2D eigenvalue weighted by Gasteiger charge is -2.25. The Kier molecular flexibility index (Phi) is 9.07. The van der Waals surface area contributed by atoms with Crippen molar-refractivity contribution in [3.8, 4) is 0 Å². The van der Waals surface area contributed by atoms with E-state index in [1.165, 1.54) is 19.3 Å². The fourth-order valence-electron chi connectivity index (χ4n) is 4.01. The van der Waals surface area contributed by atoms with Crippen molar-refractivity contribution in [2.45, 2.75) is 39.3 Å². The van der Waals surface area contributed by atoms with Gasteiger partial charge in [-0.05, 0) is 74.2 Å². The minimum Gasteiger partial charge on any atom is -0.401 e. The van der Waals surface area contributed by atoms with E-state index in [1.54, 1.807) is 11.2 Å². The van der Waals surface area contributed by atoms with Crippen LogP contribution < -0.4 is 27.8 Å². The summed E-state index contributed by atoms with van der Waals surface area (Å²) in [7, 11) is 1.88. The molecule has 1 saturated carbocycles. The highest BCUT2D eigenvalue weighted by molar-refractivity contribution is 5.70. The predicted octanol–water partition coefficient (Wildman–Crippen LogP) is 2.76. The van der Waals surface area contributed by atoms with E-state index in [4.69, 9.17) is 17.2 Å². The number of rotatable bonds is 12. The largest absolute Gasteiger partial charge is 0.401 e. The number of aromatic nitrogens is 1. The van der Waals surface area contributed by atoms with E-state index in [1.807, 2.05) is 43.6 Å². The Morgan fingerprint density at radius 2 is 2.12 bits per heavy atom. The van der Waals surface area contributed by atoms with Crippen molar-refractivity contribution in [2.75, 3.05) is 25.9 Å². The van der Waals surface area contributed by atoms with Gasteiger partial charge in [-0.2, -0.15) is 5.10 Å². The first kappa shape index (κ1) is 25.3. The summed E-state index contributed by atoms with van der Waals surface area (Å²) in [4.78, 5) is 4.60. The molecule has 3 rings (SSSR count). The van der Waals surface area contributed by atoms with Crippen molar-refractivity contribution >= 4 is 24.2 Å². The molecule has 0 spiro atoms. The SMILES string of the molecule is C=NN(/C=C(\N)c1cccc(N)c1CNC)Cc1cc(C)c(/C=C(\N)CNCC2CCC2)cn1. The van der Waals surface area contributed by atoms with Gasteiger partial charge in [-0.3, -0.25) is 9.99 Å². The molecule has 0 saturated heterocycles. The second-order valence-electron chi connectivity index (χ2n) is 8.91. The van der Waals surface area contributed by atoms with Gasteiger partial charge in [0.2, 0.25) is 0 Å². The van der Waals surface area contributed by atoms with E-state index in [2.05, 4.69) is 34.4 Å². The van der Waals surface area contributed by atoms with Gasteiger partial charge in [0, 0.05) is 49.2 Å². The zero-order valence-corrected chi connectivity index (χ0v) is 20.3. The Bertz CT molecular complexity index is 1040. The molecule has 8 heteroatoms. The number of pyridine rings is 1. The average molecular weight is 463 g/mol. The maximum Gasteiger partial charge on any atom is 0.0832 e. The summed E-state index contributed by atoms with van der Waals surface area (Å²) < 4.78 is 0. The van der Waals surface area contributed by atoms with Crippen molar-refractivity contribution in [1.82, 2.24) is 20.6 Å². The first-order chi connectivity index (χ1) is 16.4. The third-order valence-electron chi connectivity index (χ3n) is 6.21. The van der Waals surface area contributed by atoms with Crippen LogP contribution in [0.5, 0.6) is 0 Å². The lowest BCUT2D eigenvalue weighted by atomic mass is 9.85. The molecule has 2 aromatic rings. The molecule has 0 atom stereocenters. The van der Waals surface area contributed by atoms with Gasteiger partial charge in [-0.25, -0.2) is 0 Å². The summed E-state index contributed by atoms with van der Waals surface area (Å²) in [5.74, 6) is 0.814. The van der Waals surface area contributed by atoms with Crippen LogP contribution in [0.25, 0.3) is 11.8 Å². The quantitative estimate of drug-likeness (QED) is 0.186. The van der Waals surface area contributed by atoms with Crippen LogP contribution in [0.2, 0.25) is 0 Å². The van der Waals surface area contributed by atoms with Gasteiger partial charge in [-0.1, -0.05) is 18.6 Å². The minimum atomic E-state index is 0.442. The molecular weight excluding hydrogens is 424 g/mol. The standard InChI is InChI=1S/C26H38N8/c1-18-10-22(33-13-20(18)11-21(27)14-32-12-19-6-4-7-19)16-34(31-3)17-26(29)23-8-5-9-25(28)24(23)15-30-2/h5,8-11,13,17,19,30,32H,3-4,6-7,12,14-16,27-29H2,1-2H3/b21-11-,26-17-. The molecule has 1 heterocycles. The second kappa shape index (κ2) is 12.2. The van der Waals surface area contributed by atoms with Crippen LogP contribution in [-0.4, -0.2) is 36.8 Å². The first-order valence-electron chi connectivity index (χ1n) is 11.8. The number of anilines is 1. The molecule has 0 unspecified atom stereocenters. The molecule has 34 heavy (non-hydrogen) atoms. The van der Waals surface area contributed by atoms with Crippen molar-refractivity contribution in [3.63, 3.8) is 0 Å². The molecule has 0 amide bonds. The second-order valence-corrected chi connectivity index (χ2v) is 8.91. The number of hydrazone groups is 1. The number of hydrogen-bond acceptors (Lipinski definition) is 8. The van der Waals surface area contributed by atoms with Crippen LogP contribution >= 0.6 is 0 Å². The van der Waals surface area contributed by atoms with Crippen molar-refractivity contribution in [1.29, 1.82) is 0 Å². The van der Waals surface area contributed by atoms with Gasteiger partial charge in [0.1, 0.15) is 0 Å². The maximum absolute atomic E-state index is 6.41. The van der Waals surface area contributed by atoms with Gasteiger partial charge in [0.25, 0.3) is 0 Å². The minimum absolute atomic E-state index is 0.442. The van der Waals surface area contributed by atoms with Crippen LogP contribution in [0, 0.1) is 12.8 Å². The lowest BCUT2D eigenvalue weighted by Crippen LogP contribution is -2.30. The molecule has 0 aliphatic heterocycles. The third-order valence-corrected chi connectivity index (χ3v) is 6.21. The third kappa shape index (κ3) is 6.82. The maximum atomic E-state index is 6.41. The Hall–Kier alpha value is -3.36. The molecule has 1 aromatic carbocycles. The molecule has 8 nitrogen and oxygen atoms in total. The Morgan fingerprint density at radius 3 is 2.76 bits per heavy atom. The van der Waals surface area contributed by atoms with Gasteiger partial charge in [0.15, 0.2) is 0 Å². The van der Waals surface area contributed by atoms with Crippen LogP contribution in [0.3, 0.4) is 0 Å². The van der Waals surface area contributed by atoms with Gasteiger partial charge in [-0.15, -0.1) is 0 Å². The Balaban J connectivity index is 1.67. The Morgan fingerprint density at radius 1 is 1.32 bits per heavy atom. The van der Waals surface area contributed by atoms with E-state index >= 15 is 0 Å². The number of benzene rings is 1. The number of nitrogens with one attached hydrogen (secondary N) is 2. The lowest BCUT2D eigenvalue weighted by molar-refractivity contribution is 0.305. The fraction of sp³-hybridized carbons (Fsp3) is 0.385. The molecule has 0 radical (unpaired) electrons. The number of nitrogen functional groups attached to an aromatic ring is 1. The number of aryl methyl sites for hydroxylation is 1. The zero-order chi connectivity index (χ0) is 24.5. The van der Waals surface area contributed by atoms with Crippen molar-refractivity contribution < 1.29 is 0 Å². The van der Waals surface area contributed by atoms with Crippen LogP contribution in [0.15, 0.2) is 47.5 Å². The normalized spacial score (nSPS) is 14.6. The number of nitrogens with two attached hydrogens (primary N) is 3. The van der Waals surface area contributed by atoms with Crippen LogP contribution in [-0.2, 0) is 13.1 Å². The zero-order valence-electron chi connectivity index (χ0n) is 20.3. The van der Waals surface area contributed by atoms with Gasteiger partial charge < -0.3 is 27.8 Å². The van der Waals surface area contributed by atoms with Crippen molar-refractivity contribution in [2.24, 2.45) is 22.5 Å². The number of nitrogens with zero attached hydrogens (tertiary/aromatic N) is 3. The van der Waals surface area contributed by atoms with Crippen LogP contribution in [0.4, 0.5) is 5.69 Å². The van der Waals surface area contributed by atoms with E-state index < -0.39 is 0 Å². The predicted molar refractivity (Wildman–Crippen MR) is 142 cm³/mol. The summed E-state index contributed by atoms with van der Waals surface area (Å²) in [5.41, 5.74) is 25.6. The summed E-state index contributed by atoms with van der Waals surface area (Å²) in [6.07, 6.45) is 9.61. The molecular formula is C26H38N8. The first-order valence-corrected chi connectivity index (χ1v) is 11.8. The highest BCUT2D eigenvalue weighted by Gasteiger charge is 2.16. The summed E-state index contributed by atoms with van der Waals surface area (Å²) in [6.45, 7) is 8.53. The molecule has 1 aliphatic rings. The fourth-order valence-corrected chi connectivity index (χ4v) is 4.01. The topological polar surface area (TPSA) is 131 Å². The molecule has 8 N–H and O–H groups in total. The van der Waals surface area contributed by atoms with Crippen LogP contribution in [0.1, 0.15) is 47.2 Å². The average Bonchev–Trinajstić information content (AvgIpc) is 2.78. The van der Waals surface area contributed by atoms with E-state index in [9.17, 15) is 0 Å². The van der Waals surface area contributed by atoms with Gasteiger partial charge >= 0.3 is 0 Å². The molecule has 0 bridgehead atoms.